The number of pyridine rings is 1. The number of hydrogen-bond acceptors (Lipinski definition) is 5. The fraction of sp³-hybridized carbons (Fsp3) is 0.167. The van der Waals surface area contributed by atoms with Crippen molar-refractivity contribution in [3.8, 4) is 11.5 Å². The largest absolute Gasteiger partial charge is 0.486 e. The van der Waals surface area contributed by atoms with Crippen LogP contribution in [0.4, 0.5) is 5.69 Å². The van der Waals surface area contributed by atoms with E-state index in [2.05, 4.69) is 0 Å². The molecule has 3 aromatic rings. The quantitative estimate of drug-likeness (QED) is 0.541. The Balaban J connectivity index is 1.74. The first-order valence-corrected chi connectivity index (χ1v) is 7.78. The Labute approximate surface area is 142 Å². The third-order valence-electron chi connectivity index (χ3n) is 4.15. The molecule has 0 fully saturated rings. The molecule has 0 unspecified atom stereocenters. The number of non-ortho nitro benzene ring substituents is 1. The predicted molar refractivity (Wildman–Crippen MR) is 91.4 cm³/mol. The van der Waals surface area contributed by atoms with Gasteiger partial charge in [-0.15, -0.1) is 0 Å². The van der Waals surface area contributed by atoms with E-state index in [0.717, 1.165) is 5.56 Å². The van der Waals surface area contributed by atoms with Crippen LogP contribution in [0.2, 0.25) is 0 Å². The lowest BCUT2D eigenvalue weighted by molar-refractivity contribution is -0.383. The van der Waals surface area contributed by atoms with Gasteiger partial charge in [-0.2, -0.15) is 0 Å². The molecule has 7 nitrogen and oxygen atoms in total. The Kier molecular flexibility index (Phi) is 3.61. The minimum absolute atomic E-state index is 0.0684. The SMILES string of the molecule is O=c1c2cccc([N+](=O)[O-])c2ccn1Cc1ccc2c(c1)OCCO2. The number of rotatable bonds is 3. The van der Waals surface area contributed by atoms with Gasteiger partial charge in [0.2, 0.25) is 0 Å². The van der Waals surface area contributed by atoms with E-state index in [0.29, 0.717) is 42.0 Å². The van der Waals surface area contributed by atoms with Gasteiger partial charge in [-0.25, -0.2) is 0 Å². The molecular weight excluding hydrogens is 324 g/mol. The van der Waals surface area contributed by atoms with Crippen LogP contribution < -0.4 is 15.0 Å². The number of aromatic nitrogens is 1. The van der Waals surface area contributed by atoms with Crippen LogP contribution in [0.1, 0.15) is 5.56 Å². The molecule has 0 saturated heterocycles. The molecule has 1 aromatic heterocycles. The van der Waals surface area contributed by atoms with E-state index in [-0.39, 0.29) is 11.2 Å². The molecule has 4 rings (SSSR count). The maximum atomic E-state index is 12.7. The van der Waals surface area contributed by atoms with Gasteiger partial charge in [-0.05, 0) is 29.8 Å². The van der Waals surface area contributed by atoms with Gasteiger partial charge in [-0.3, -0.25) is 14.9 Å². The van der Waals surface area contributed by atoms with Crippen molar-refractivity contribution in [2.24, 2.45) is 0 Å². The number of ether oxygens (including phenoxy) is 2. The van der Waals surface area contributed by atoms with Gasteiger partial charge >= 0.3 is 0 Å². The Morgan fingerprint density at radius 1 is 1.04 bits per heavy atom. The molecule has 0 amide bonds. The standard InChI is InChI=1S/C18H14N2O5/c21-18-14-2-1-3-15(20(22)23)13(14)6-7-19(18)11-12-4-5-16-17(10-12)25-9-8-24-16/h1-7,10H,8-9,11H2. The zero-order valence-electron chi connectivity index (χ0n) is 13.2. The molecule has 0 N–H and O–H groups in total. The fourth-order valence-electron chi connectivity index (χ4n) is 2.97. The van der Waals surface area contributed by atoms with Crippen molar-refractivity contribution in [3.05, 3.63) is 74.7 Å². The molecule has 0 atom stereocenters. The van der Waals surface area contributed by atoms with Crippen molar-refractivity contribution >= 4 is 16.5 Å². The van der Waals surface area contributed by atoms with Gasteiger partial charge in [0.25, 0.3) is 11.2 Å². The molecule has 1 aliphatic rings. The van der Waals surface area contributed by atoms with E-state index in [1.54, 1.807) is 18.3 Å². The summed E-state index contributed by atoms with van der Waals surface area (Å²) in [6.45, 7) is 1.36. The van der Waals surface area contributed by atoms with Gasteiger partial charge in [0, 0.05) is 12.3 Å². The van der Waals surface area contributed by atoms with E-state index < -0.39 is 4.92 Å². The maximum Gasteiger partial charge on any atom is 0.277 e. The second kappa shape index (κ2) is 5.94. The monoisotopic (exact) mass is 338 g/mol. The highest BCUT2D eigenvalue weighted by atomic mass is 16.6. The summed E-state index contributed by atoms with van der Waals surface area (Å²) in [5.74, 6) is 1.35. The van der Waals surface area contributed by atoms with Crippen molar-refractivity contribution in [1.29, 1.82) is 0 Å². The first kappa shape index (κ1) is 15.2. The van der Waals surface area contributed by atoms with Crippen LogP contribution in [0.3, 0.4) is 0 Å². The van der Waals surface area contributed by atoms with Crippen LogP contribution in [-0.4, -0.2) is 22.7 Å². The van der Waals surface area contributed by atoms with Crippen LogP contribution in [0.5, 0.6) is 11.5 Å². The van der Waals surface area contributed by atoms with Gasteiger partial charge < -0.3 is 14.0 Å². The molecule has 126 valence electrons. The summed E-state index contributed by atoms with van der Waals surface area (Å²) in [4.78, 5) is 23.3. The Morgan fingerprint density at radius 2 is 1.84 bits per heavy atom. The molecule has 0 radical (unpaired) electrons. The highest BCUT2D eigenvalue weighted by Gasteiger charge is 2.15. The summed E-state index contributed by atoms with van der Waals surface area (Å²) in [5.41, 5.74) is 0.549. The second-order valence-electron chi connectivity index (χ2n) is 5.72. The molecule has 2 aromatic carbocycles. The van der Waals surface area contributed by atoms with E-state index in [4.69, 9.17) is 9.47 Å². The van der Waals surface area contributed by atoms with Crippen LogP contribution in [0.15, 0.2) is 53.5 Å². The number of benzene rings is 2. The molecule has 0 spiro atoms. The van der Waals surface area contributed by atoms with E-state index in [1.807, 2.05) is 18.2 Å². The third-order valence-corrected chi connectivity index (χ3v) is 4.15. The van der Waals surface area contributed by atoms with Gasteiger partial charge in [0.1, 0.15) is 13.2 Å². The van der Waals surface area contributed by atoms with Crippen molar-refractivity contribution < 1.29 is 14.4 Å². The van der Waals surface area contributed by atoms with Crippen LogP contribution in [-0.2, 0) is 6.54 Å². The lowest BCUT2D eigenvalue weighted by Gasteiger charge is -2.19. The summed E-state index contributed by atoms with van der Waals surface area (Å²) in [7, 11) is 0. The summed E-state index contributed by atoms with van der Waals surface area (Å²) in [5, 5.41) is 11.8. The molecule has 0 saturated carbocycles. The highest BCUT2D eigenvalue weighted by molar-refractivity contribution is 5.89. The first-order chi connectivity index (χ1) is 12.1. The Hall–Kier alpha value is -3.35. The van der Waals surface area contributed by atoms with Gasteiger partial charge in [0.15, 0.2) is 11.5 Å². The highest BCUT2D eigenvalue weighted by Crippen LogP contribution is 2.31. The minimum Gasteiger partial charge on any atom is -0.486 e. The smallest absolute Gasteiger partial charge is 0.277 e. The zero-order chi connectivity index (χ0) is 17.4. The molecule has 1 aliphatic heterocycles. The number of fused-ring (bicyclic) bond motifs is 2. The lowest BCUT2D eigenvalue weighted by Crippen LogP contribution is -2.20. The summed E-state index contributed by atoms with van der Waals surface area (Å²) < 4.78 is 12.6. The summed E-state index contributed by atoms with van der Waals surface area (Å²) in [6, 6.07) is 11.7. The molecule has 7 heteroatoms. The zero-order valence-corrected chi connectivity index (χ0v) is 13.2. The first-order valence-electron chi connectivity index (χ1n) is 7.78. The lowest BCUT2D eigenvalue weighted by atomic mass is 10.1. The number of nitro groups is 1. The van der Waals surface area contributed by atoms with Gasteiger partial charge in [0.05, 0.1) is 22.2 Å². The van der Waals surface area contributed by atoms with Crippen molar-refractivity contribution in [2.75, 3.05) is 13.2 Å². The Morgan fingerprint density at radius 3 is 2.64 bits per heavy atom. The van der Waals surface area contributed by atoms with Gasteiger partial charge in [-0.1, -0.05) is 12.1 Å². The Bertz CT molecular complexity index is 1040. The minimum atomic E-state index is -0.479. The van der Waals surface area contributed by atoms with Crippen LogP contribution in [0.25, 0.3) is 10.8 Å². The molecular formula is C18H14N2O5. The van der Waals surface area contributed by atoms with Crippen LogP contribution >= 0.6 is 0 Å². The summed E-state index contributed by atoms with van der Waals surface area (Å²) in [6.07, 6.45) is 1.58. The predicted octanol–water partition coefficient (Wildman–Crippen LogP) is 2.73. The molecule has 2 heterocycles. The number of hydrogen-bond donors (Lipinski definition) is 0. The molecule has 0 aliphatic carbocycles. The van der Waals surface area contributed by atoms with Crippen molar-refractivity contribution in [3.63, 3.8) is 0 Å². The van der Waals surface area contributed by atoms with E-state index in [1.165, 1.54) is 16.7 Å². The number of nitro benzene ring substituents is 1. The molecule has 25 heavy (non-hydrogen) atoms. The summed E-state index contributed by atoms with van der Waals surface area (Å²) >= 11 is 0. The van der Waals surface area contributed by atoms with E-state index >= 15 is 0 Å². The van der Waals surface area contributed by atoms with Crippen molar-refractivity contribution in [1.82, 2.24) is 4.57 Å². The third kappa shape index (κ3) is 2.69. The molecule has 0 bridgehead atoms. The average molecular weight is 338 g/mol. The fourth-order valence-corrected chi connectivity index (χ4v) is 2.97. The normalized spacial score (nSPS) is 13.0. The number of nitrogens with zero attached hydrogens (tertiary/aromatic N) is 2. The van der Waals surface area contributed by atoms with E-state index in [9.17, 15) is 14.9 Å². The second-order valence-corrected chi connectivity index (χ2v) is 5.72. The topological polar surface area (TPSA) is 83.6 Å². The van der Waals surface area contributed by atoms with Crippen LogP contribution in [0, 0.1) is 10.1 Å². The maximum absolute atomic E-state index is 12.7. The average Bonchev–Trinajstić information content (AvgIpc) is 2.63. The van der Waals surface area contributed by atoms with Crippen molar-refractivity contribution in [2.45, 2.75) is 6.54 Å².